The third kappa shape index (κ3) is 8.66. The van der Waals surface area contributed by atoms with Gasteiger partial charge in [-0.05, 0) is 63.3 Å². The van der Waals surface area contributed by atoms with Crippen molar-refractivity contribution in [2.24, 2.45) is 0 Å². The van der Waals surface area contributed by atoms with Gasteiger partial charge in [-0.1, -0.05) is 55.3 Å². The van der Waals surface area contributed by atoms with Crippen LogP contribution >= 0.6 is 0 Å². The van der Waals surface area contributed by atoms with Gasteiger partial charge < -0.3 is 10.2 Å². The second-order valence-corrected chi connectivity index (χ2v) is 11.5. The Morgan fingerprint density at radius 1 is 1.00 bits per heavy atom. The first-order chi connectivity index (χ1) is 16.9. The van der Waals surface area contributed by atoms with E-state index in [1.54, 1.807) is 11.8 Å². The summed E-state index contributed by atoms with van der Waals surface area (Å²) in [7, 11) is -3.53. The highest BCUT2D eigenvalue weighted by Crippen LogP contribution is 2.24. The Hall–Kier alpha value is -2.87. The number of nitrogens with one attached hydrogen (secondary N) is 1. The number of sulfonamides is 1. The molecular formula is C28H41N3O4S. The molecule has 0 spiro atoms. The number of hydrogen-bond donors (Lipinski definition) is 1. The van der Waals surface area contributed by atoms with Crippen LogP contribution < -0.4 is 9.62 Å². The van der Waals surface area contributed by atoms with E-state index >= 15 is 0 Å². The fraction of sp³-hybridized carbons (Fsp3) is 0.500. The summed E-state index contributed by atoms with van der Waals surface area (Å²) in [5, 5.41) is 2.92. The van der Waals surface area contributed by atoms with E-state index in [0.717, 1.165) is 35.1 Å². The third-order valence-electron chi connectivity index (χ3n) is 6.22. The Bertz CT molecular complexity index is 1150. The lowest BCUT2D eigenvalue weighted by Crippen LogP contribution is -2.48. The van der Waals surface area contributed by atoms with Gasteiger partial charge in [0.2, 0.25) is 21.8 Å². The molecule has 0 saturated carbocycles. The zero-order valence-corrected chi connectivity index (χ0v) is 23.3. The van der Waals surface area contributed by atoms with Gasteiger partial charge in [0.15, 0.2) is 0 Å². The molecule has 1 N–H and O–H groups in total. The molecule has 0 aliphatic heterocycles. The fourth-order valence-electron chi connectivity index (χ4n) is 4.10. The second kappa shape index (κ2) is 13.4. The van der Waals surface area contributed by atoms with Crippen LogP contribution in [0.4, 0.5) is 5.69 Å². The van der Waals surface area contributed by atoms with Crippen LogP contribution in [0.15, 0.2) is 42.5 Å². The average Bonchev–Trinajstić information content (AvgIpc) is 2.81. The molecule has 7 nitrogen and oxygen atoms in total. The van der Waals surface area contributed by atoms with Crippen molar-refractivity contribution in [2.45, 2.75) is 72.9 Å². The molecule has 8 heteroatoms. The molecule has 0 saturated heterocycles. The minimum absolute atomic E-state index is 0.134. The van der Waals surface area contributed by atoms with E-state index in [1.165, 1.54) is 10.6 Å². The van der Waals surface area contributed by atoms with E-state index in [0.29, 0.717) is 25.2 Å². The van der Waals surface area contributed by atoms with E-state index in [1.807, 2.05) is 63.2 Å². The van der Waals surface area contributed by atoms with Crippen LogP contribution in [0.1, 0.15) is 61.8 Å². The lowest BCUT2D eigenvalue weighted by Gasteiger charge is -2.30. The molecule has 0 aliphatic carbocycles. The minimum Gasteiger partial charge on any atom is -0.354 e. The van der Waals surface area contributed by atoms with Crippen molar-refractivity contribution in [2.75, 3.05) is 23.7 Å². The van der Waals surface area contributed by atoms with E-state index in [9.17, 15) is 18.0 Å². The molecule has 2 amide bonds. The summed E-state index contributed by atoms with van der Waals surface area (Å²) in [4.78, 5) is 27.8. The standard InChI is InChI=1S/C28H41N3O4S/c1-7-8-16-29-28(33)24(5)30(20-25-12-9-11-21(2)18-25)27(32)13-10-17-31(36(6,34)35)26-19-22(3)14-15-23(26)4/h9,11-12,14-15,18-19,24H,7-8,10,13,16-17,20H2,1-6H3,(H,29,33). The molecule has 0 fully saturated rings. The zero-order chi connectivity index (χ0) is 26.9. The Morgan fingerprint density at radius 3 is 2.33 bits per heavy atom. The summed E-state index contributed by atoms with van der Waals surface area (Å²) in [6, 6.07) is 12.9. The summed E-state index contributed by atoms with van der Waals surface area (Å²) in [5.41, 5.74) is 4.48. The molecule has 198 valence electrons. The van der Waals surface area contributed by atoms with Gasteiger partial charge in [-0.15, -0.1) is 0 Å². The average molecular weight is 516 g/mol. The molecule has 1 unspecified atom stereocenters. The Labute approximate surface area is 216 Å². The van der Waals surface area contributed by atoms with Crippen LogP contribution in [0, 0.1) is 20.8 Å². The SMILES string of the molecule is CCCCNC(=O)C(C)N(Cc1cccc(C)c1)C(=O)CCCN(c1cc(C)ccc1C)S(C)(=O)=O. The van der Waals surface area contributed by atoms with E-state index in [4.69, 9.17) is 0 Å². The van der Waals surface area contributed by atoms with Crippen molar-refractivity contribution in [3.05, 3.63) is 64.7 Å². The number of unbranched alkanes of at least 4 members (excludes halogenated alkanes) is 1. The van der Waals surface area contributed by atoms with Gasteiger partial charge in [0.05, 0.1) is 11.9 Å². The maximum absolute atomic E-state index is 13.4. The number of carbonyl (C=O) groups excluding carboxylic acids is 2. The number of anilines is 1. The predicted octanol–water partition coefficient (Wildman–Crippen LogP) is 4.49. The molecule has 0 heterocycles. The van der Waals surface area contributed by atoms with Gasteiger partial charge in [-0.3, -0.25) is 13.9 Å². The number of aryl methyl sites for hydroxylation is 3. The number of benzene rings is 2. The summed E-state index contributed by atoms with van der Waals surface area (Å²) in [6.07, 6.45) is 3.51. The Kier molecular flexibility index (Phi) is 11.0. The summed E-state index contributed by atoms with van der Waals surface area (Å²) in [5.74, 6) is -0.360. The Balaban J connectivity index is 2.18. The van der Waals surface area contributed by atoms with Crippen LogP contribution in [-0.4, -0.2) is 50.5 Å². The number of hydrogen-bond acceptors (Lipinski definition) is 4. The molecule has 1 atom stereocenters. The molecule has 2 aromatic carbocycles. The topological polar surface area (TPSA) is 86.8 Å². The van der Waals surface area contributed by atoms with Gasteiger partial charge in [0, 0.05) is 26.1 Å². The van der Waals surface area contributed by atoms with Crippen molar-refractivity contribution in [3.8, 4) is 0 Å². The highest BCUT2D eigenvalue weighted by Gasteiger charge is 2.26. The molecule has 0 aromatic heterocycles. The lowest BCUT2D eigenvalue weighted by molar-refractivity contribution is -0.140. The highest BCUT2D eigenvalue weighted by molar-refractivity contribution is 7.92. The summed E-state index contributed by atoms with van der Waals surface area (Å²) in [6.45, 7) is 10.7. The van der Waals surface area contributed by atoms with Crippen molar-refractivity contribution in [3.63, 3.8) is 0 Å². The third-order valence-corrected chi connectivity index (χ3v) is 7.40. The largest absolute Gasteiger partial charge is 0.354 e. The van der Waals surface area contributed by atoms with Crippen molar-refractivity contribution < 1.29 is 18.0 Å². The fourth-order valence-corrected chi connectivity index (χ4v) is 5.11. The molecule has 0 radical (unpaired) electrons. The smallest absolute Gasteiger partial charge is 0.242 e. The maximum atomic E-state index is 13.4. The molecule has 36 heavy (non-hydrogen) atoms. The molecular weight excluding hydrogens is 474 g/mol. The summed E-state index contributed by atoms with van der Waals surface area (Å²) < 4.78 is 26.5. The zero-order valence-electron chi connectivity index (χ0n) is 22.5. The predicted molar refractivity (Wildman–Crippen MR) is 146 cm³/mol. The van der Waals surface area contributed by atoms with Gasteiger partial charge in [-0.2, -0.15) is 0 Å². The number of amides is 2. The summed E-state index contributed by atoms with van der Waals surface area (Å²) >= 11 is 0. The minimum atomic E-state index is -3.53. The first kappa shape index (κ1) is 29.4. The maximum Gasteiger partial charge on any atom is 0.242 e. The second-order valence-electron chi connectivity index (χ2n) is 9.56. The van der Waals surface area contributed by atoms with Gasteiger partial charge in [-0.25, -0.2) is 8.42 Å². The number of rotatable bonds is 13. The molecule has 0 bridgehead atoms. The normalized spacial score (nSPS) is 12.2. The van der Waals surface area contributed by atoms with Crippen LogP contribution in [0.3, 0.4) is 0 Å². The van der Waals surface area contributed by atoms with E-state index in [2.05, 4.69) is 12.2 Å². The lowest BCUT2D eigenvalue weighted by atomic mass is 10.1. The monoisotopic (exact) mass is 515 g/mol. The highest BCUT2D eigenvalue weighted by atomic mass is 32.2. The van der Waals surface area contributed by atoms with Gasteiger partial charge in [0.25, 0.3) is 0 Å². The Morgan fingerprint density at radius 2 is 1.69 bits per heavy atom. The molecule has 2 aromatic rings. The quantitative estimate of drug-likeness (QED) is 0.398. The first-order valence-electron chi connectivity index (χ1n) is 12.6. The van der Waals surface area contributed by atoms with Gasteiger partial charge in [0.1, 0.15) is 6.04 Å². The van der Waals surface area contributed by atoms with Crippen LogP contribution in [-0.2, 0) is 26.2 Å². The van der Waals surface area contributed by atoms with Crippen molar-refractivity contribution in [1.82, 2.24) is 10.2 Å². The molecule has 2 rings (SSSR count). The van der Waals surface area contributed by atoms with Crippen LogP contribution in [0.25, 0.3) is 0 Å². The number of nitrogens with zero attached hydrogens (tertiary/aromatic N) is 2. The van der Waals surface area contributed by atoms with E-state index < -0.39 is 16.1 Å². The van der Waals surface area contributed by atoms with Crippen LogP contribution in [0.2, 0.25) is 0 Å². The van der Waals surface area contributed by atoms with Crippen molar-refractivity contribution >= 4 is 27.5 Å². The number of carbonyl (C=O) groups is 2. The molecule has 0 aliphatic rings. The van der Waals surface area contributed by atoms with Crippen LogP contribution in [0.5, 0.6) is 0 Å². The van der Waals surface area contributed by atoms with E-state index in [-0.39, 0.29) is 24.8 Å². The van der Waals surface area contributed by atoms with Gasteiger partial charge >= 0.3 is 0 Å². The first-order valence-corrected chi connectivity index (χ1v) is 14.5. The van der Waals surface area contributed by atoms with Crippen molar-refractivity contribution in [1.29, 1.82) is 0 Å².